The SMILES string of the molecule is CCN1NC(C)CC1C(=O)N/C(=N/C1CC(C2CCC(F)CC2)NN1)NC(C)C. The van der Waals surface area contributed by atoms with Gasteiger partial charge in [-0.2, -0.15) is 0 Å². The van der Waals surface area contributed by atoms with Crippen molar-refractivity contribution in [3.63, 3.8) is 0 Å². The Labute approximate surface area is 173 Å². The van der Waals surface area contributed by atoms with Crippen LogP contribution in [0.1, 0.15) is 66.2 Å². The van der Waals surface area contributed by atoms with Crippen molar-refractivity contribution in [2.45, 2.75) is 103 Å². The molecule has 2 saturated heterocycles. The second kappa shape index (κ2) is 10.1. The summed E-state index contributed by atoms with van der Waals surface area (Å²) in [4.78, 5) is 17.6. The maximum atomic E-state index is 13.4. The van der Waals surface area contributed by atoms with Gasteiger partial charge in [0.1, 0.15) is 18.4 Å². The van der Waals surface area contributed by atoms with Crippen molar-refractivity contribution in [3.05, 3.63) is 0 Å². The summed E-state index contributed by atoms with van der Waals surface area (Å²) in [5.41, 5.74) is 9.92. The standard InChI is InChI=1S/C20H38FN7O/c1-5-28-17(10-13(4)27-28)19(29)24-20(22-12(2)3)23-18-11-16(25-26-18)14-6-8-15(21)9-7-14/h12-18,25-27H,5-11H2,1-4H3,(H2,22,23,24,29). The largest absolute Gasteiger partial charge is 0.354 e. The lowest BCUT2D eigenvalue weighted by Gasteiger charge is -2.28. The number of aliphatic imine (C=N–C) groups is 1. The zero-order valence-electron chi connectivity index (χ0n) is 18.2. The quantitative estimate of drug-likeness (QED) is 0.344. The lowest BCUT2D eigenvalue weighted by atomic mass is 9.82. The van der Waals surface area contributed by atoms with Gasteiger partial charge in [0.05, 0.1) is 0 Å². The van der Waals surface area contributed by atoms with E-state index < -0.39 is 6.17 Å². The Balaban J connectivity index is 1.59. The molecule has 1 saturated carbocycles. The Morgan fingerprint density at radius 1 is 1.21 bits per heavy atom. The smallest absolute Gasteiger partial charge is 0.245 e. The average Bonchev–Trinajstić information content (AvgIpc) is 3.28. The van der Waals surface area contributed by atoms with E-state index in [0.29, 0.717) is 30.8 Å². The van der Waals surface area contributed by atoms with E-state index in [1.54, 1.807) is 0 Å². The molecular weight excluding hydrogens is 373 g/mol. The lowest BCUT2D eigenvalue weighted by Crippen LogP contribution is -2.52. The van der Waals surface area contributed by atoms with Crippen LogP contribution in [0.2, 0.25) is 0 Å². The van der Waals surface area contributed by atoms with E-state index in [1.807, 2.05) is 25.8 Å². The van der Waals surface area contributed by atoms with Crippen molar-refractivity contribution in [1.29, 1.82) is 0 Å². The normalized spacial score (nSPS) is 36.6. The van der Waals surface area contributed by atoms with Crippen LogP contribution in [0.5, 0.6) is 0 Å². The number of amides is 1. The van der Waals surface area contributed by atoms with Gasteiger partial charge in [0.15, 0.2) is 5.96 Å². The minimum atomic E-state index is -0.637. The van der Waals surface area contributed by atoms with Crippen molar-refractivity contribution < 1.29 is 9.18 Å². The number of carbonyl (C=O) groups is 1. The number of hydrazine groups is 2. The third kappa shape index (κ3) is 6.10. The van der Waals surface area contributed by atoms with Crippen molar-refractivity contribution in [2.75, 3.05) is 6.54 Å². The molecule has 1 amide bonds. The Kier molecular flexibility index (Phi) is 7.84. The zero-order valence-corrected chi connectivity index (χ0v) is 18.2. The van der Waals surface area contributed by atoms with Crippen LogP contribution in [-0.2, 0) is 4.79 Å². The lowest BCUT2D eigenvalue weighted by molar-refractivity contribution is -0.124. The molecule has 4 unspecified atom stereocenters. The van der Waals surface area contributed by atoms with E-state index in [-0.39, 0.29) is 30.2 Å². The maximum Gasteiger partial charge on any atom is 0.245 e. The summed E-state index contributed by atoms with van der Waals surface area (Å²) in [5.74, 6) is 0.947. The van der Waals surface area contributed by atoms with Crippen LogP contribution in [0.25, 0.3) is 0 Å². The first-order valence-electron chi connectivity index (χ1n) is 11.2. The molecule has 8 nitrogen and oxygen atoms in total. The van der Waals surface area contributed by atoms with Crippen LogP contribution in [0.3, 0.4) is 0 Å². The minimum absolute atomic E-state index is 0.0422. The fourth-order valence-corrected chi connectivity index (χ4v) is 4.62. The highest BCUT2D eigenvalue weighted by Crippen LogP contribution is 2.31. The number of carbonyl (C=O) groups excluding carboxylic acids is 1. The number of likely N-dealkylation sites (N-methyl/N-ethyl adjacent to an activating group) is 1. The van der Waals surface area contributed by atoms with Gasteiger partial charge in [0.2, 0.25) is 5.91 Å². The molecule has 0 aromatic rings. The predicted octanol–water partition coefficient (Wildman–Crippen LogP) is 1.16. The molecule has 2 heterocycles. The molecule has 166 valence electrons. The van der Waals surface area contributed by atoms with Crippen molar-refractivity contribution in [2.24, 2.45) is 10.9 Å². The van der Waals surface area contributed by atoms with Gasteiger partial charge >= 0.3 is 0 Å². The number of guanidine groups is 1. The van der Waals surface area contributed by atoms with E-state index >= 15 is 0 Å². The molecule has 0 aromatic carbocycles. The summed E-state index contributed by atoms with van der Waals surface area (Å²) in [5, 5.41) is 8.26. The van der Waals surface area contributed by atoms with Crippen LogP contribution in [0.4, 0.5) is 4.39 Å². The summed E-state index contributed by atoms with van der Waals surface area (Å²) >= 11 is 0. The molecule has 2 aliphatic heterocycles. The molecule has 5 N–H and O–H groups in total. The average molecular weight is 412 g/mol. The predicted molar refractivity (Wildman–Crippen MR) is 113 cm³/mol. The topological polar surface area (TPSA) is 92.8 Å². The van der Waals surface area contributed by atoms with Gasteiger partial charge in [-0.25, -0.2) is 19.8 Å². The fraction of sp³-hybridized carbons (Fsp3) is 0.900. The van der Waals surface area contributed by atoms with Crippen LogP contribution >= 0.6 is 0 Å². The van der Waals surface area contributed by atoms with E-state index in [9.17, 15) is 9.18 Å². The molecule has 0 radical (unpaired) electrons. The maximum absolute atomic E-state index is 13.4. The van der Waals surface area contributed by atoms with Gasteiger partial charge in [-0.15, -0.1) is 0 Å². The summed E-state index contributed by atoms with van der Waals surface area (Å²) in [6.07, 6.45) is 4.02. The molecule has 1 aliphatic carbocycles. The highest BCUT2D eigenvalue weighted by Gasteiger charge is 2.35. The Hall–Kier alpha value is -1.29. The number of nitrogens with one attached hydrogen (secondary N) is 5. The second-order valence-electron chi connectivity index (χ2n) is 8.99. The summed E-state index contributed by atoms with van der Waals surface area (Å²) in [6, 6.07) is 0.530. The van der Waals surface area contributed by atoms with Crippen LogP contribution in [0, 0.1) is 5.92 Å². The van der Waals surface area contributed by atoms with Gasteiger partial charge in [-0.05, 0) is 58.8 Å². The Morgan fingerprint density at radius 2 is 1.93 bits per heavy atom. The first-order chi connectivity index (χ1) is 13.9. The first-order valence-corrected chi connectivity index (χ1v) is 11.2. The van der Waals surface area contributed by atoms with Crippen molar-refractivity contribution in [3.8, 4) is 0 Å². The van der Waals surface area contributed by atoms with Gasteiger partial charge in [0.25, 0.3) is 0 Å². The zero-order chi connectivity index (χ0) is 21.0. The number of nitrogens with zero attached hydrogens (tertiary/aromatic N) is 2. The highest BCUT2D eigenvalue weighted by molar-refractivity contribution is 5.99. The van der Waals surface area contributed by atoms with E-state index in [2.05, 4.69) is 33.8 Å². The molecule has 3 rings (SSSR count). The van der Waals surface area contributed by atoms with Gasteiger partial charge in [-0.3, -0.25) is 21.0 Å². The van der Waals surface area contributed by atoms with Crippen LogP contribution in [-0.4, -0.2) is 59.9 Å². The van der Waals surface area contributed by atoms with Gasteiger partial charge < -0.3 is 5.32 Å². The molecule has 9 heteroatoms. The molecular formula is C20H38FN7O. The Morgan fingerprint density at radius 3 is 2.59 bits per heavy atom. The molecule has 0 spiro atoms. The number of hydrogen-bond acceptors (Lipinski definition) is 6. The monoisotopic (exact) mass is 411 g/mol. The molecule has 0 aromatic heterocycles. The van der Waals surface area contributed by atoms with Gasteiger partial charge in [0, 0.05) is 31.1 Å². The van der Waals surface area contributed by atoms with E-state index in [0.717, 1.165) is 32.2 Å². The third-order valence-corrected chi connectivity index (χ3v) is 6.12. The fourth-order valence-electron chi connectivity index (χ4n) is 4.62. The molecule has 3 aliphatic rings. The number of hydrogen-bond donors (Lipinski definition) is 5. The van der Waals surface area contributed by atoms with Gasteiger partial charge in [-0.1, -0.05) is 6.92 Å². The Bertz CT molecular complexity index is 579. The van der Waals surface area contributed by atoms with E-state index in [1.165, 1.54) is 0 Å². The molecule has 0 bridgehead atoms. The minimum Gasteiger partial charge on any atom is -0.354 e. The first kappa shape index (κ1) is 22.4. The summed E-state index contributed by atoms with van der Waals surface area (Å²) in [6.45, 7) is 8.94. The summed E-state index contributed by atoms with van der Waals surface area (Å²) in [7, 11) is 0. The summed E-state index contributed by atoms with van der Waals surface area (Å²) < 4.78 is 13.4. The third-order valence-electron chi connectivity index (χ3n) is 6.12. The highest BCUT2D eigenvalue weighted by atomic mass is 19.1. The number of alkyl halides is 1. The van der Waals surface area contributed by atoms with Crippen molar-refractivity contribution in [1.82, 2.24) is 31.9 Å². The van der Waals surface area contributed by atoms with Crippen molar-refractivity contribution >= 4 is 11.9 Å². The van der Waals surface area contributed by atoms with E-state index in [4.69, 9.17) is 4.99 Å². The number of rotatable bonds is 5. The second-order valence-corrected chi connectivity index (χ2v) is 8.99. The molecule has 29 heavy (non-hydrogen) atoms. The van der Waals surface area contributed by atoms with Crippen LogP contribution < -0.4 is 26.9 Å². The molecule has 4 atom stereocenters. The number of halogens is 1. The molecule has 3 fully saturated rings. The van der Waals surface area contributed by atoms with Crippen LogP contribution in [0.15, 0.2) is 4.99 Å².